The first-order valence-corrected chi connectivity index (χ1v) is 4.19. The minimum atomic E-state index is 0.878. The fraction of sp³-hybridized carbons (Fsp3) is 0. The number of nitrogens with zero attached hydrogens (tertiary/aromatic N) is 2. The smallest absolute Gasteiger partial charge is 0.145 e. The molecule has 3 aromatic rings. The number of hydrogen-bond acceptors (Lipinski definition) is 1. The van der Waals surface area contributed by atoms with Crippen molar-refractivity contribution in [3.8, 4) is 0 Å². The van der Waals surface area contributed by atoms with Crippen molar-refractivity contribution in [3.63, 3.8) is 0 Å². The third-order valence-corrected chi connectivity index (χ3v) is 2.14. The third kappa shape index (κ3) is 0.855. The van der Waals surface area contributed by atoms with E-state index in [1.54, 1.807) is 0 Å². The molecule has 1 aromatic carbocycles. The van der Waals surface area contributed by atoms with Crippen LogP contribution in [0.3, 0.4) is 0 Å². The Morgan fingerprint density at radius 3 is 3.08 bits per heavy atom. The van der Waals surface area contributed by atoms with E-state index < -0.39 is 0 Å². The van der Waals surface area contributed by atoms with Crippen LogP contribution in [0.15, 0.2) is 42.6 Å². The first-order valence-electron chi connectivity index (χ1n) is 4.19. The molecule has 2 heterocycles. The van der Waals surface area contributed by atoms with E-state index in [2.05, 4.69) is 17.1 Å². The Labute approximate surface area is 75.5 Å². The topological polar surface area (TPSA) is 17.3 Å². The van der Waals surface area contributed by atoms with Crippen LogP contribution >= 0.6 is 0 Å². The quantitative estimate of drug-likeness (QED) is 0.502. The van der Waals surface area contributed by atoms with Gasteiger partial charge in [0.25, 0.3) is 0 Å². The molecule has 0 aliphatic heterocycles. The van der Waals surface area contributed by atoms with E-state index >= 15 is 0 Å². The lowest BCUT2D eigenvalue weighted by molar-refractivity contribution is 1.22. The fourth-order valence-corrected chi connectivity index (χ4v) is 1.55. The van der Waals surface area contributed by atoms with Crippen molar-refractivity contribution < 1.29 is 0 Å². The third-order valence-electron chi connectivity index (χ3n) is 2.14. The van der Waals surface area contributed by atoms with Gasteiger partial charge in [0.05, 0.1) is 11.0 Å². The van der Waals surface area contributed by atoms with Gasteiger partial charge >= 0.3 is 0 Å². The summed E-state index contributed by atoms with van der Waals surface area (Å²) in [6, 6.07) is 15.0. The summed E-state index contributed by atoms with van der Waals surface area (Å²) >= 11 is 0. The standard InChI is InChI=1S/C11H7N2/c1-2-6-10-9(5-1)12-11-7-3-4-8-13(10)11/h1-6,8H. The van der Waals surface area contributed by atoms with Crippen LogP contribution in [0.2, 0.25) is 0 Å². The number of benzene rings is 1. The first kappa shape index (κ1) is 6.66. The molecule has 0 fully saturated rings. The highest BCUT2D eigenvalue weighted by Gasteiger charge is 2.00. The Balaban J connectivity index is 2.64. The van der Waals surface area contributed by atoms with Gasteiger partial charge in [0.15, 0.2) is 0 Å². The van der Waals surface area contributed by atoms with Crippen molar-refractivity contribution in [2.24, 2.45) is 0 Å². The lowest BCUT2D eigenvalue weighted by atomic mass is 10.3. The molecule has 0 aliphatic carbocycles. The number of aromatic nitrogens is 2. The summed E-state index contributed by atoms with van der Waals surface area (Å²) in [5, 5.41) is 0. The van der Waals surface area contributed by atoms with E-state index in [9.17, 15) is 0 Å². The average Bonchev–Trinajstić information content (AvgIpc) is 2.56. The summed E-state index contributed by atoms with van der Waals surface area (Å²) in [5.74, 6) is 0. The van der Waals surface area contributed by atoms with Gasteiger partial charge in [-0.15, -0.1) is 0 Å². The van der Waals surface area contributed by atoms with E-state index in [1.165, 1.54) is 0 Å². The number of fused-ring (bicyclic) bond motifs is 3. The maximum atomic E-state index is 4.42. The first-order chi connectivity index (χ1) is 6.45. The maximum Gasteiger partial charge on any atom is 0.145 e. The number of pyridine rings is 1. The largest absolute Gasteiger partial charge is 0.299 e. The molecule has 2 heteroatoms. The van der Waals surface area contributed by atoms with Crippen LogP contribution in [-0.2, 0) is 0 Å². The highest BCUT2D eigenvalue weighted by molar-refractivity contribution is 5.79. The molecule has 0 saturated carbocycles. The van der Waals surface area contributed by atoms with Gasteiger partial charge < -0.3 is 0 Å². The number of rotatable bonds is 0. The summed E-state index contributed by atoms with van der Waals surface area (Å²) < 4.78 is 2.04. The molecule has 0 spiro atoms. The van der Waals surface area contributed by atoms with Crippen LogP contribution in [0.25, 0.3) is 16.7 Å². The molecule has 13 heavy (non-hydrogen) atoms. The van der Waals surface area contributed by atoms with Gasteiger partial charge in [-0.05, 0) is 24.3 Å². The van der Waals surface area contributed by atoms with Gasteiger partial charge in [-0.1, -0.05) is 12.1 Å². The Kier molecular flexibility index (Phi) is 1.19. The number of para-hydroxylation sites is 2. The fourth-order valence-electron chi connectivity index (χ4n) is 1.55. The number of imidazole rings is 1. The lowest BCUT2D eigenvalue weighted by Crippen LogP contribution is -1.80. The molecule has 0 atom stereocenters. The van der Waals surface area contributed by atoms with E-state index in [0.717, 1.165) is 16.7 Å². The van der Waals surface area contributed by atoms with Crippen LogP contribution in [0, 0.1) is 6.07 Å². The highest BCUT2D eigenvalue weighted by Crippen LogP contribution is 2.14. The summed E-state index contributed by atoms with van der Waals surface area (Å²) in [6.07, 6.45) is 2.00. The number of hydrogen-bond donors (Lipinski definition) is 0. The molecule has 2 nitrogen and oxygen atoms in total. The van der Waals surface area contributed by atoms with Crippen molar-refractivity contribution >= 4 is 16.7 Å². The van der Waals surface area contributed by atoms with Crippen molar-refractivity contribution in [1.29, 1.82) is 0 Å². The average molecular weight is 167 g/mol. The van der Waals surface area contributed by atoms with Crippen molar-refractivity contribution in [3.05, 3.63) is 48.7 Å². The molecular weight excluding hydrogens is 160 g/mol. The monoisotopic (exact) mass is 167 g/mol. The van der Waals surface area contributed by atoms with Crippen molar-refractivity contribution in [1.82, 2.24) is 9.38 Å². The molecule has 0 unspecified atom stereocenters. The molecular formula is C11H7N2. The lowest BCUT2D eigenvalue weighted by Gasteiger charge is -1.91. The van der Waals surface area contributed by atoms with Crippen LogP contribution in [0.1, 0.15) is 0 Å². The van der Waals surface area contributed by atoms with Crippen LogP contribution in [-0.4, -0.2) is 9.38 Å². The molecule has 0 amide bonds. The van der Waals surface area contributed by atoms with E-state index in [0.29, 0.717) is 0 Å². The van der Waals surface area contributed by atoms with Crippen LogP contribution in [0.4, 0.5) is 0 Å². The minimum Gasteiger partial charge on any atom is -0.299 e. The molecule has 1 radical (unpaired) electrons. The minimum absolute atomic E-state index is 0.878. The van der Waals surface area contributed by atoms with E-state index in [1.807, 2.05) is 40.9 Å². The summed E-state index contributed by atoms with van der Waals surface area (Å²) in [7, 11) is 0. The second-order valence-electron chi connectivity index (χ2n) is 2.95. The second kappa shape index (κ2) is 2.33. The molecule has 0 saturated heterocycles. The van der Waals surface area contributed by atoms with Gasteiger partial charge in [0, 0.05) is 12.3 Å². The van der Waals surface area contributed by atoms with Gasteiger partial charge in [0.2, 0.25) is 0 Å². The molecule has 61 valence electrons. The van der Waals surface area contributed by atoms with Gasteiger partial charge in [-0.2, -0.15) is 0 Å². The van der Waals surface area contributed by atoms with Gasteiger partial charge in [-0.3, -0.25) is 4.40 Å². The van der Waals surface area contributed by atoms with Crippen molar-refractivity contribution in [2.75, 3.05) is 0 Å². The highest BCUT2D eigenvalue weighted by atomic mass is 15.0. The predicted molar refractivity (Wildman–Crippen MR) is 51.5 cm³/mol. The Hall–Kier alpha value is -1.83. The van der Waals surface area contributed by atoms with E-state index in [4.69, 9.17) is 0 Å². The van der Waals surface area contributed by atoms with Crippen molar-refractivity contribution in [2.45, 2.75) is 0 Å². The molecule has 0 bridgehead atoms. The second-order valence-corrected chi connectivity index (χ2v) is 2.95. The normalized spacial score (nSPS) is 11.1. The van der Waals surface area contributed by atoms with E-state index in [-0.39, 0.29) is 0 Å². The van der Waals surface area contributed by atoms with Crippen LogP contribution in [0.5, 0.6) is 0 Å². The van der Waals surface area contributed by atoms with Gasteiger partial charge in [0.1, 0.15) is 5.65 Å². The zero-order valence-corrected chi connectivity index (χ0v) is 6.94. The Morgan fingerprint density at radius 1 is 1.15 bits per heavy atom. The molecule has 0 aliphatic rings. The zero-order valence-electron chi connectivity index (χ0n) is 6.94. The SMILES string of the molecule is [c]1cccn2c1nc1ccccc12. The summed E-state index contributed by atoms with van der Waals surface area (Å²) in [4.78, 5) is 4.42. The predicted octanol–water partition coefficient (Wildman–Crippen LogP) is 2.29. The zero-order chi connectivity index (χ0) is 8.67. The molecule has 2 aromatic heterocycles. The molecule has 0 N–H and O–H groups in total. The Bertz CT molecular complexity index is 516. The summed E-state index contributed by atoms with van der Waals surface area (Å²) in [5.41, 5.74) is 3.03. The van der Waals surface area contributed by atoms with Gasteiger partial charge in [-0.25, -0.2) is 4.98 Å². The maximum absolute atomic E-state index is 4.42. The van der Waals surface area contributed by atoms with Crippen LogP contribution < -0.4 is 0 Å². The summed E-state index contributed by atoms with van der Waals surface area (Å²) in [6.45, 7) is 0. The Morgan fingerprint density at radius 2 is 2.08 bits per heavy atom. The molecule has 3 rings (SSSR count).